The number of carbonyl (C=O) groups is 2. The standard InChI is InChI=1S/C16H18ClNO5S/c1-23-12-8-7-9(14(17)15(12)18-24(2,3)22)16(21)13-10(19)5-4-6-11(13)20/h7-8,19H,4-6H2,1-3H3. The van der Waals surface area contributed by atoms with E-state index in [0.717, 1.165) is 0 Å². The average molecular weight is 372 g/mol. The normalized spacial score (nSPS) is 15.4. The molecule has 1 aromatic rings. The van der Waals surface area contributed by atoms with Crippen molar-refractivity contribution in [2.24, 2.45) is 4.36 Å². The molecule has 0 unspecified atom stereocenters. The number of Topliss-reactive ketones (excluding diaryl/α,β-unsaturated/α-hetero) is 2. The lowest BCUT2D eigenvalue weighted by atomic mass is 9.90. The van der Waals surface area contributed by atoms with E-state index in [4.69, 9.17) is 16.3 Å². The maximum Gasteiger partial charge on any atom is 0.201 e. The van der Waals surface area contributed by atoms with Gasteiger partial charge < -0.3 is 9.84 Å². The van der Waals surface area contributed by atoms with Crippen molar-refractivity contribution in [3.63, 3.8) is 0 Å². The number of ketones is 2. The van der Waals surface area contributed by atoms with E-state index in [2.05, 4.69) is 4.36 Å². The van der Waals surface area contributed by atoms with Gasteiger partial charge in [-0.2, -0.15) is 4.36 Å². The van der Waals surface area contributed by atoms with E-state index in [9.17, 15) is 18.9 Å². The lowest BCUT2D eigenvalue weighted by molar-refractivity contribution is -0.116. The Kier molecular flexibility index (Phi) is 5.35. The monoisotopic (exact) mass is 371 g/mol. The summed E-state index contributed by atoms with van der Waals surface area (Å²) in [6, 6.07) is 2.87. The number of carbonyl (C=O) groups excluding carboxylic acids is 2. The van der Waals surface area contributed by atoms with Crippen molar-refractivity contribution in [2.45, 2.75) is 19.3 Å². The molecule has 0 saturated heterocycles. The highest BCUT2D eigenvalue weighted by molar-refractivity contribution is 7.92. The topological polar surface area (TPSA) is 93.0 Å². The van der Waals surface area contributed by atoms with Gasteiger partial charge >= 0.3 is 0 Å². The van der Waals surface area contributed by atoms with E-state index in [-0.39, 0.29) is 46.2 Å². The Morgan fingerprint density at radius 3 is 2.54 bits per heavy atom. The van der Waals surface area contributed by atoms with E-state index in [1.165, 1.54) is 31.8 Å². The summed E-state index contributed by atoms with van der Waals surface area (Å²) in [6.07, 6.45) is 3.84. The van der Waals surface area contributed by atoms with Gasteiger partial charge in [0, 0.05) is 40.6 Å². The van der Waals surface area contributed by atoms with Crippen LogP contribution >= 0.6 is 11.6 Å². The molecule has 8 heteroatoms. The first-order chi connectivity index (χ1) is 11.2. The molecule has 1 aromatic carbocycles. The predicted octanol–water partition coefficient (Wildman–Crippen LogP) is 3.46. The molecule has 1 aliphatic rings. The molecule has 0 saturated carbocycles. The molecule has 0 bridgehead atoms. The third-order valence-corrected chi connectivity index (χ3v) is 4.47. The summed E-state index contributed by atoms with van der Waals surface area (Å²) >= 11 is 6.27. The van der Waals surface area contributed by atoms with Crippen molar-refractivity contribution in [3.8, 4) is 5.75 Å². The molecule has 0 atom stereocenters. The van der Waals surface area contributed by atoms with E-state index >= 15 is 0 Å². The minimum Gasteiger partial charge on any atom is -0.511 e. The van der Waals surface area contributed by atoms with E-state index in [1.54, 1.807) is 0 Å². The van der Waals surface area contributed by atoms with Gasteiger partial charge in [-0.3, -0.25) is 9.59 Å². The van der Waals surface area contributed by atoms with Crippen LogP contribution in [0.15, 0.2) is 27.8 Å². The van der Waals surface area contributed by atoms with Crippen LogP contribution in [0, 0.1) is 0 Å². The lowest BCUT2D eigenvalue weighted by Crippen LogP contribution is -2.20. The largest absolute Gasteiger partial charge is 0.511 e. The van der Waals surface area contributed by atoms with Gasteiger partial charge in [0.25, 0.3) is 0 Å². The zero-order valence-corrected chi connectivity index (χ0v) is 15.2. The molecule has 0 amide bonds. The summed E-state index contributed by atoms with van der Waals surface area (Å²) in [5.74, 6) is -1.04. The van der Waals surface area contributed by atoms with E-state index in [0.29, 0.717) is 6.42 Å². The van der Waals surface area contributed by atoms with Crippen LogP contribution in [0.1, 0.15) is 29.6 Å². The van der Waals surface area contributed by atoms with Gasteiger partial charge in [0.15, 0.2) is 5.78 Å². The molecule has 0 fully saturated rings. The van der Waals surface area contributed by atoms with Gasteiger partial charge in [0.2, 0.25) is 5.78 Å². The quantitative estimate of drug-likeness (QED) is 0.646. The fourth-order valence-corrected chi connectivity index (χ4v) is 3.37. The minimum absolute atomic E-state index is 0.0108. The molecule has 2 rings (SSSR count). The molecule has 0 radical (unpaired) electrons. The fourth-order valence-electron chi connectivity index (χ4n) is 2.41. The van der Waals surface area contributed by atoms with Crippen molar-refractivity contribution in [1.82, 2.24) is 0 Å². The first-order valence-electron chi connectivity index (χ1n) is 7.19. The van der Waals surface area contributed by atoms with Crippen molar-refractivity contribution >= 4 is 38.6 Å². The number of nitrogens with zero attached hydrogens (tertiary/aromatic N) is 1. The van der Waals surface area contributed by atoms with Crippen molar-refractivity contribution in [1.29, 1.82) is 0 Å². The lowest BCUT2D eigenvalue weighted by Gasteiger charge is -2.16. The highest BCUT2D eigenvalue weighted by Crippen LogP contribution is 2.40. The van der Waals surface area contributed by atoms with Crippen LogP contribution in [0.4, 0.5) is 5.69 Å². The van der Waals surface area contributed by atoms with Gasteiger partial charge in [-0.05, 0) is 18.6 Å². The highest BCUT2D eigenvalue weighted by Gasteiger charge is 2.29. The summed E-state index contributed by atoms with van der Waals surface area (Å²) in [7, 11) is -1.15. The summed E-state index contributed by atoms with van der Waals surface area (Å²) < 4.78 is 21.2. The second kappa shape index (κ2) is 6.94. The summed E-state index contributed by atoms with van der Waals surface area (Å²) in [6.45, 7) is 0. The molecule has 130 valence electrons. The van der Waals surface area contributed by atoms with Gasteiger partial charge in [-0.25, -0.2) is 4.21 Å². The SMILES string of the molecule is COc1ccc(C(=O)C2=C(O)CCCC2=O)c(Cl)c1N=S(C)(C)=O. The number of hydrogen-bond donors (Lipinski definition) is 1. The smallest absolute Gasteiger partial charge is 0.201 e. The molecular weight excluding hydrogens is 354 g/mol. The predicted molar refractivity (Wildman–Crippen MR) is 92.9 cm³/mol. The van der Waals surface area contributed by atoms with Gasteiger partial charge in [-0.1, -0.05) is 11.6 Å². The van der Waals surface area contributed by atoms with Gasteiger partial charge in [0.05, 0.1) is 12.1 Å². The van der Waals surface area contributed by atoms with Gasteiger partial charge in [0.1, 0.15) is 22.8 Å². The summed E-state index contributed by atoms with van der Waals surface area (Å²) in [5, 5.41) is 9.86. The Balaban J connectivity index is 2.65. The molecule has 0 aliphatic heterocycles. The molecule has 24 heavy (non-hydrogen) atoms. The number of methoxy groups -OCH3 is 1. The van der Waals surface area contributed by atoms with E-state index in [1.807, 2.05) is 0 Å². The molecule has 1 N–H and O–H groups in total. The van der Waals surface area contributed by atoms with Crippen LogP contribution < -0.4 is 4.74 Å². The molecule has 0 spiro atoms. The number of rotatable bonds is 4. The van der Waals surface area contributed by atoms with Crippen LogP contribution in [-0.2, 0) is 14.5 Å². The third-order valence-electron chi connectivity index (χ3n) is 3.47. The highest BCUT2D eigenvalue weighted by atomic mass is 35.5. The minimum atomic E-state index is -2.55. The number of halogens is 1. The molecule has 1 aliphatic carbocycles. The Hall–Kier alpha value is -1.86. The number of aliphatic hydroxyl groups is 1. The Morgan fingerprint density at radius 1 is 1.33 bits per heavy atom. The summed E-state index contributed by atoms with van der Waals surface area (Å²) in [5.41, 5.74) is -0.145. The summed E-state index contributed by atoms with van der Waals surface area (Å²) in [4.78, 5) is 24.7. The maximum absolute atomic E-state index is 12.7. The Labute approximate surface area is 145 Å². The number of ether oxygens (including phenoxy) is 1. The zero-order chi connectivity index (χ0) is 18.1. The molecule has 0 aromatic heterocycles. The third kappa shape index (κ3) is 3.79. The maximum atomic E-state index is 12.7. The number of benzene rings is 1. The van der Waals surface area contributed by atoms with Crippen LogP contribution in [0.5, 0.6) is 5.75 Å². The first-order valence-corrected chi connectivity index (χ1v) is 9.90. The first kappa shape index (κ1) is 18.5. The van der Waals surface area contributed by atoms with Crippen LogP contribution in [0.2, 0.25) is 5.02 Å². The number of aliphatic hydroxyl groups excluding tert-OH is 1. The molecular formula is C16H18ClNO5S. The molecule has 6 nitrogen and oxygen atoms in total. The van der Waals surface area contributed by atoms with Crippen molar-refractivity contribution in [3.05, 3.63) is 34.1 Å². The zero-order valence-electron chi connectivity index (χ0n) is 13.6. The second-order valence-electron chi connectivity index (χ2n) is 5.68. The van der Waals surface area contributed by atoms with Crippen LogP contribution in [0.3, 0.4) is 0 Å². The fraction of sp³-hybridized carbons (Fsp3) is 0.375. The molecule has 0 heterocycles. The average Bonchev–Trinajstić information content (AvgIpc) is 2.47. The second-order valence-corrected chi connectivity index (χ2v) is 8.60. The van der Waals surface area contributed by atoms with Crippen LogP contribution in [0.25, 0.3) is 0 Å². The van der Waals surface area contributed by atoms with E-state index < -0.39 is 21.3 Å². The van der Waals surface area contributed by atoms with Crippen molar-refractivity contribution in [2.75, 3.05) is 19.6 Å². The number of allylic oxidation sites excluding steroid dienone is 2. The number of hydrogen-bond acceptors (Lipinski definition) is 6. The van der Waals surface area contributed by atoms with Gasteiger partial charge in [-0.15, -0.1) is 0 Å². The Bertz CT molecular complexity index is 857. The Morgan fingerprint density at radius 2 is 2.00 bits per heavy atom. The van der Waals surface area contributed by atoms with Crippen LogP contribution in [-0.4, -0.2) is 40.5 Å². The van der Waals surface area contributed by atoms with Crippen molar-refractivity contribution < 1.29 is 23.6 Å².